The second-order valence-electron chi connectivity index (χ2n) is 4.00. The van der Waals surface area contributed by atoms with E-state index < -0.39 is 15.9 Å². The van der Waals surface area contributed by atoms with Gasteiger partial charge in [-0.15, -0.1) is 0 Å². The van der Waals surface area contributed by atoms with E-state index in [0.717, 1.165) is 0 Å². The van der Waals surface area contributed by atoms with Crippen LogP contribution in [0.3, 0.4) is 0 Å². The minimum Gasteiger partial charge on any atom is -0.321 e. The number of carbonyl (C=O) groups excluding carboxylic acids is 1. The fourth-order valence-electron chi connectivity index (χ4n) is 1.51. The molecule has 1 aromatic heterocycles. The van der Waals surface area contributed by atoms with Crippen molar-refractivity contribution in [1.29, 1.82) is 0 Å². The van der Waals surface area contributed by atoms with Gasteiger partial charge in [-0.05, 0) is 40.2 Å². The molecule has 2 rings (SSSR count). The number of rotatable bonds is 3. The summed E-state index contributed by atoms with van der Waals surface area (Å²) in [5.41, 5.74) is 0.592. The highest BCUT2D eigenvalue weighted by molar-refractivity contribution is 9.10. The zero-order chi connectivity index (χ0) is 15.6. The fraction of sp³-hybridized carbons (Fsp3) is 0. The lowest BCUT2D eigenvalue weighted by Gasteiger charge is -2.09. The first-order chi connectivity index (χ1) is 9.79. The average Bonchev–Trinajstić information content (AvgIpc) is 2.40. The van der Waals surface area contributed by atoms with Crippen molar-refractivity contribution in [3.8, 4) is 0 Å². The van der Waals surface area contributed by atoms with E-state index in [4.69, 9.17) is 16.7 Å². The van der Waals surface area contributed by atoms with Crippen molar-refractivity contribution in [2.24, 2.45) is 5.14 Å². The van der Waals surface area contributed by atoms with E-state index in [9.17, 15) is 13.2 Å². The van der Waals surface area contributed by atoms with Gasteiger partial charge in [0.2, 0.25) is 10.0 Å². The van der Waals surface area contributed by atoms with Crippen LogP contribution in [0, 0.1) is 0 Å². The Morgan fingerprint density at radius 2 is 2.05 bits per heavy atom. The Morgan fingerprint density at radius 3 is 2.62 bits per heavy atom. The van der Waals surface area contributed by atoms with Gasteiger partial charge < -0.3 is 5.32 Å². The fourth-order valence-corrected chi connectivity index (χ4v) is 2.87. The number of nitrogens with zero attached hydrogens (tertiary/aromatic N) is 1. The SMILES string of the molecule is NS(=O)(=O)c1ccc(NC(=O)c2cnccc2Cl)c(Br)c1. The Balaban J connectivity index is 2.29. The number of hydrogen-bond donors (Lipinski definition) is 2. The van der Waals surface area contributed by atoms with Crippen LogP contribution in [-0.4, -0.2) is 19.3 Å². The zero-order valence-electron chi connectivity index (χ0n) is 10.4. The molecule has 0 atom stereocenters. The Hall–Kier alpha value is -1.48. The van der Waals surface area contributed by atoms with Crippen molar-refractivity contribution in [3.63, 3.8) is 0 Å². The summed E-state index contributed by atoms with van der Waals surface area (Å²) in [6.45, 7) is 0. The zero-order valence-corrected chi connectivity index (χ0v) is 13.5. The molecule has 0 saturated carbocycles. The molecule has 0 bridgehead atoms. The number of hydrogen-bond acceptors (Lipinski definition) is 4. The Labute approximate surface area is 134 Å². The van der Waals surface area contributed by atoms with Crippen LogP contribution in [0.1, 0.15) is 10.4 Å². The first kappa shape index (κ1) is 15.9. The Kier molecular flexibility index (Phi) is 4.62. The summed E-state index contributed by atoms with van der Waals surface area (Å²) in [4.78, 5) is 15.8. The minimum absolute atomic E-state index is 0.0632. The van der Waals surface area contributed by atoms with Crippen molar-refractivity contribution in [1.82, 2.24) is 4.98 Å². The Morgan fingerprint density at radius 1 is 1.33 bits per heavy atom. The molecule has 0 spiro atoms. The van der Waals surface area contributed by atoms with E-state index in [1.165, 1.54) is 36.7 Å². The normalized spacial score (nSPS) is 11.2. The number of nitrogens with two attached hydrogens (primary N) is 1. The number of sulfonamides is 1. The molecular weight excluding hydrogens is 382 g/mol. The average molecular weight is 391 g/mol. The minimum atomic E-state index is -3.80. The Bertz CT molecular complexity index is 811. The maximum absolute atomic E-state index is 12.1. The van der Waals surface area contributed by atoms with Gasteiger partial charge in [0.1, 0.15) is 0 Å². The van der Waals surface area contributed by atoms with E-state index >= 15 is 0 Å². The number of primary sulfonamides is 1. The molecule has 0 unspecified atom stereocenters. The molecule has 1 amide bonds. The quantitative estimate of drug-likeness (QED) is 0.840. The van der Waals surface area contributed by atoms with Crippen molar-refractivity contribution in [3.05, 3.63) is 51.7 Å². The summed E-state index contributed by atoms with van der Waals surface area (Å²) in [6.07, 6.45) is 2.81. The number of pyridine rings is 1. The largest absolute Gasteiger partial charge is 0.321 e. The number of halogens is 2. The van der Waals surface area contributed by atoms with Gasteiger partial charge in [-0.2, -0.15) is 0 Å². The first-order valence-corrected chi connectivity index (χ1v) is 8.24. The molecule has 6 nitrogen and oxygen atoms in total. The number of benzene rings is 1. The molecule has 110 valence electrons. The maximum atomic E-state index is 12.1. The third-order valence-electron chi connectivity index (χ3n) is 2.53. The van der Waals surface area contributed by atoms with Crippen molar-refractivity contribution >= 4 is 49.1 Å². The van der Waals surface area contributed by atoms with Crippen LogP contribution in [-0.2, 0) is 10.0 Å². The molecular formula is C12H9BrClN3O3S. The number of nitrogens with one attached hydrogen (secondary N) is 1. The number of anilines is 1. The van der Waals surface area contributed by atoms with Crippen LogP contribution >= 0.6 is 27.5 Å². The predicted molar refractivity (Wildman–Crippen MR) is 82.7 cm³/mol. The van der Waals surface area contributed by atoms with Crippen molar-refractivity contribution in [2.75, 3.05) is 5.32 Å². The topological polar surface area (TPSA) is 102 Å². The molecule has 2 aromatic rings. The third-order valence-corrected chi connectivity index (χ3v) is 4.43. The standard InChI is InChI=1S/C12H9BrClN3O3S/c13-9-5-7(21(15,19)20)1-2-11(9)17-12(18)8-6-16-4-3-10(8)14/h1-6H,(H,17,18)(H2,15,19,20). The van der Waals surface area contributed by atoms with Crippen LogP contribution in [0.5, 0.6) is 0 Å². The molecule has 0 radical (unpaired) electrons. The molecule has 9 heteroatoms. The summed E-state index contributed by atoms with van der Waals surface area (Å²) in [7, 11) is -3.80. The molecule has 0 saturated heterocycles. The van der Waals surface area contributed by atoms with Crippen molar-refractivity contribution in [2.45, 2.75) is 4.90 Å². The molecule has 1 heterocycles. The van der Waals surface area contributed by atoms with E-state index in [-0.39, 0.29) is 15.5 Å². The summed E-state index contributed by atoms with van der Waals surface area (Å²) in [5, 5.41) is 7.89. The first-order valence-electron chi connectivity index (χ1n) is 5.52. The second-order valence-corrected chi connectivity index (χ2v) is 6.82. The number of amides is 1. The van der Waals surface area contributed by atoms with Crippen LogP contribution in [0.15, 0.2) is 46.0 Å². The second kappa shape index (κ2) is 6.10. The molecule has 3 N–H and O–H groups in total. The van der Waals surface area contributed by atoms with Gasteiger partial charge >= 0.3 is 0 Å². The van der Waals surface area contributed by atoms with E-state index in [2.05, 4.69) is 26.2 Å². The van der Waals surface area contributed by atoms with E-state index in [1.54, 1.807) is 0 Å². The molecule has 0 aliphatic heterocycles. The molecule has 0 aliphatic carbocycles. The van der Waals surface area contributed by atoms with Crippen LogP contribution < -0.4 is 10.5 Å². The third kappa shape index (κ3) is 3.79. The van der Waals surface area contributed by atoms with Gasteiger partial charge in [-0.25, -0.2) is 13.6 Å². The molecule has 1 aromatic carbocycles. The lowest BCUT2D eigenvalue weighted by molar-refractivity contribution is 0.102. The summed E-state index contributed by atoms with van der Waals surface area (Å²) in [6, 6.07) is 5.51. The highest BCUT2D eigenvalue weighted by Gasteiger charge is 2.14. The summed E-state index contributed by atoms with van der Waals surface area (Å²) >= 11 is 9.08. The highest BCUT2D eigenvalue weighted by Crippen LogP contribution is 2.26. The van der Waals surface area contributed by atoms with Crippen LogP contribution in [0.4, 0.5) is 5.69 Å². The van der Waals surface area contributed by atoms with Gasteiger partial charge in [0.15, 0.2) is 0 Å². The number of aromatic nitrogens is 1. The monoisotopic (exact) mass is 389 g/mol. The van der Waals surface area contributed by atoms with Crippen LogP contribution in [0.25, 0.3) is 0 Å². The van der Waals surface area contributed by atoms with Gasteiger partial charge in [0, 0.05) is 16.9 Å². The molecule has 0 aliphatic rings. The van der Waals surface area contributed by atoms with Crippen molar-refractivity contribution < 1.29 is 13.2 Å². The van der Waals surface area contributed by atoms with E-state index in [1.807, 2.05) is 0 Å². The smallest absolute Gasteiger partial charge is 0.258 e. The lowest BCUT2D eigenvalue weighted by Crippen LogP contribution is -2.15. The lowest BCUT2D eigenvalue weighted by atomic mass is 10.2. The van der Waals surface area contributed by atoms with E-state index in [0.29, 0.717) is 10.2 Å². The molecule has 21 heavy (non-hydrogen) atoms. The summed E-state index contributed by atoms with van der Waals surface area (Å²) < 4.78 is 22.8. The van der Waals surface area contributed by atoms with Gasteiger partial charge in [-0.3, -0.25) is 9.78 Å². The summed E-state index contributed by atoms with van der Waals surface area (Å²) in [5.74, 6) is -0.461. The predicted octanol–water partition coefficient (Wildman–Crippen LogP) is 2.40. The van der Waals surface area contributed by atoms with Gasteiger partial charge in [0.05, 0.1) is 21.2 Å². The van der Waals surface area contributed by atoms with Crippen LogP contribution in [0.2, 0.25) is 5.02 Å². The van der Waals surface area contributed by atoms with Gasteiger partial charge in [0.25, 0.3) is 5.91 Å². The highest BCUT2D eigenvalue weighted by atomic mass is 79.9. The molecule has 0 fully saturated rings. The maximum Gasteiger partial charge on any atom is 0.258 e. The van der Waals surface area contributed by atoms with Gasteiger partial charge in [-0.1, -0.05) is 11.6 Å². The number of carbonyl (C=O) groups is 1.